The van der Waals surface area contributed by atoms with Crippen LogP contribution in [0.15, 0.2) is 30.3 Å². The number of nitrogens with one attached hydrogen (secondary N) is 2. The van der Waals surface area contributed by atoms with Crippen molar-refractivity contribution in [3.8, 4) is 0 Å². The Kier molecular flexibility index (Phi) is 8.42. The van der Waals surface area contributed by atoms with Gasteiger partial charge in [-0.1, -0.05) is 18.2 Å². The predicted molar refractivity (Wildman–Crippen MR) is 100 cm³/mol. The molecule has 0 bridgehead atoms. The summed E-state index contributed by atoms with van der Waals surface area (Å²) < 4.78 is 0. The van der Waals surface area contributed by atoms with Gasteiger partial charge in [0.15, 0.2) is 0 Å². The third-order valence-electron chi connectivity index (χ3n) is 4.53. The van der Waals surface area contributed by atoms with Crippen LogP contribution in [0.25, 0.3) is 0 Å². The molecule has 1 aliphatic heterocycles. The van der Waals surface area contributed by atoms with Crippen molar-refractivity contribution in [2.75, 3.05) is 31.5 Å². The first-order chi connectivity index (χ1) is 12.2. The second kappa shape index (κ2) is 10.8. The van der Waals surface area contributed by atoms with E-state index in [0.717, 1.165) is 50.9 Å². The van der Waals surface area contributed by atoms with Crippen LogP contribution in [0, 0.1) is 0 Å². The highest BCUT2D eigenvalue weighted by Crippen LogP contribution is 2.19. The molecular formula is C19H30N4O2. The number of aldehydes is 1. The monoisotopic (exact) mass is 346 g/mol. The van der Waals surface area contributed by atoms with E-state index in [1.54, 1.807) is 0 Å². The number of rotatable bonds is 11. The summed E-state index contributed by atoms with van der Waals surface area (Å²) in [7, 11) is 0. The Hall–Kier alpha value is -1.92. The van der Waals surface area contributed by atoms with Crippen molar-refractivity contribution in [3.05, 3.63) is 30.3 Å². The van der Waals surface area contributed by atoms with Crippen LogP contribution >= 0.6 is 0 Å². The van der Waals surface area contributed by atoms with E-state index in [0.29, 0.717) is 19.4 Å². The third kappa shape index (κ3) is 6.84. The highest BCUT2D eigenvalue weighted by molar-refractivity contribution is 5.77. The molecule has 4 N–H and O–H groups in total. The zero-order valence-electron chi connectivity index (χ0n) is 14.8. The summed E-state index contributed by atoms with van der Waals surface area (Å²) in [5, 5.41) is 6.62. The number of carbonyl (C=O) groups is 2. The van der Waals surface area contributed by atoms with Crippen LogP contribution in [0.4, 0.5) is 5.69 Å². The van der Waals surface area contributed by atoms with E-state index in [-0.39, 0.29) is 18.0 Å². The molecule has 25 heavy (non-hydrogen) atoms. The van der Waals surface area contributed by atoms with Crippen LogP contribution in [-0.2, 0) is 9.59 Å². The number of unbranched alkanes of at least 4 members (excludes halogenated alkanes) is 1. The van der Waals surface area contributed by atoms with Crippen LogP contribution in [0.1, 0.15) is 32.1 Å². The molecule has 1 saturated heterocycles. The van der Waals surface area contributed by atoms with E-state index in [9.17, 15) is 9.59 Å². The molecule has 1 aromatic rings. The molecular weight excluding hydrogens is 316 g/mol. The van der Waals surface area contributed by atoms with E-state index in [2.05, 4.69) is 10.6 Å². The van der Waals surface area contributed by atoms with Crippen molar-refractivity contribution in [2.45, 2.75) is 44.2 Å². The largest absolute Gasteiger partial charge is 0.383 e. The number of para-hydroxylation sites is 1. The lowest BCUT2D eigenvalue weighted by Gasteiger charge is -2.26. The minimum atomic E-state index is -0.188. The number of amides is 1. The topological polar surface area (TPSA) is 87.5 Å². The molecule has 0 radical (unpaired) electrons. The fourth-order valence-electron chi connectivity index (χ4n) is 3.18. The van der Waals surface area contributed by atoms with Gasteiger partial charge in [0.1, 0.15) is 6.29 Å². The average molecular weight is 346 g/mol. The van der Waals surface area contributed by atoms with E-state index in [1.807, 2.05) is 35.2 Å². The van der Waals surface area contributed by atoms with Crippen molar-refractivity contribution >= 4 is 17.9 Å². The summed E-state index contributed by atoms with van der Waals surface area (Å²) in [5.41, 5.74) is 7.15. The zero-order chi connectivity index (χ0) is 17.9. The highest BCUT2D eigenvalue weighted by Gasteiger charge is 2.29. The fraction of sp³-hybridized carbons (Fsp3) is 0.579. The minimum Gasteiger partial charge on any atom is -0.383 e. The predicted octanol–water partition coefficient (Wildman–Crippen LogP) is 1.38. The highest BCUT2D eigenvalue weighted by atomic mass is 16.2. The first-order valence-corrected chi connectivity index (χ1v) is 9.19. The molecule has 1 amide bonds. The first-order valence-electron chi connectivity index (χ1n) is 9.19. The summed E-state index contributed by atoms with van der Waals surface area (Å²) in [5.74, 6) is 0.138. The molecule has 0 saturated carbocycles. The normalized spacial score (nSPS) is 18.1. The van der Waals surface area contributed by atoms with Gasteiger partial charge >= 0.3 is 0 Å². The van der Waals surface area contributed by atoms with Crippen LogP contribution in [0.3, 0.4) is 0 Å². The Morgan fingerprint density at radius 3 is 2.92 bits per heavy atom. The van der Waals surface area contributed by atoms with Crippen molar-refractivity contribution in [1.29, 1.82) is 0 Å². The van der Waals surface area contributed by atoms with Gasteiger partial charge in [0.05, 0.1) is 0 Å². The molecule has 0 spiro atoms. The fourth-order valence-corrected chi connectivity index (χ4v) is 3.18. The average Bonchev–Trinajstić information content (AvgIpc) is 3.09. The Labute approximate surface area is 150 Å². The molecule has 1 heterocycles. The van der Waals surface area contributed by atoms with Gasteiger partial charge in [-0.15, -0.1) is 0 Å². The van der Waals surface area contributed by atoms with Crippen LogP contribution < -0.4 is 16.4 Å². The Morgan fingerprint density at radius 1 is 1.36 bits per heavy atom. The number of anilines is 1. The number of nitrogens with zero attached hydrogens (tertiary/aromatic N) is 1. The lowest BCUT2D eigenvalue weighted by molar-refractivity contribution is -0.132. The molecule has 2 rings (SSSR count). The van der Waals surface area contributed by atoms with Gasteiger partial charge in [-0.25, -0.2) is 0 Å². The number of nitrogens with two attached hydrogens (primary N) is 1. The van der Waals surface area contributed by atoms with E-state index in [1.165, 1.54) is 0 Å². The molecule has 6 heteroatoms. The van der Waals surface area contributed by atoms with Crippen LogP contribution in [-0.4, -0.2) is 55.4 Å². The summed E-state index contributed by atoms with van der Waals surface area (Å²) in [6.45, 7) is 2.95. The minimum absolute atomic E-state index is 0.138. The Morgan fingerprint density at radius 2 is 2.16 bits per heavy atom. The molecule has 1 fully saturated rings. The molecule has 1 aromatic carbocycles. The number of carbonyl (C=O) groups excluding carboxylic acids is 2. The summed E-state index contributed by atoms with van der Waals surface area (Å²) >= 11 is 0. The molecule has 0 aromatic heterocycles. The summed E-state index contributed by atoms with van der Waals surface area (Å²) in [6, 6.07) is 10.1. The molecule has 1 aliphatic rings. The zero-order valence-corrected chi connectivity index (χ0v) is 14.8. The standard InChI is InChI=1S/C19H30N4O2/c20-16(14-21-10-4-5-12-24)13-19(25)23-11-6-9-18(23)15-22-17-7-2-1-3-8-17/h1-3,7-8,12,16,18,21-22H,4-6,9-11,13-15,20H2/t16-,18-/m0/s1. The van der Waals surface area contributed by atoms with Gasteiger partial charge in [-0.2, -0.15) is 0 Å². The van der Waals surface area contributed by atoms with Gasteiger partial charge in [0, 0.05) is 50.2 Å². The van der Waals surface area contributed by atoms with Crippen molar-refractivity contribution in [1.82, 2.24) is 10.2 Å². The second-order valence-corrected chi connectivity index (χ2v) is 6.61. The Bertz CT molecular complexity index is 523. The lowest BCUT2D eigenvalue weighted by Crippen LogP contribution is -2.44. The van der Waals surface area contributed by atoms with Crippen LogP contribution in [0.5, 0.6) is 0 Å². The summed E-state index contributed by atoms with van der Waals surface area (Å²) in [4.78, 5) is 24.8. The lowest BCUT2D eigenvalue weighted by atomic mass is 10.1. The number of benzene rings is 1. The number of likely N-dealkylation sites (tertiary alicyclic amines) is 1. The molecule has 6 nitrogen and oxygen atoms in total. The van der Waals surface area contributed by atoms with Crippen molar-refractivity contribution in [3.63, 3.8) is 0 Å². The van der Waals surface area contributed by atoms with E-state index < -0.39 is 0 Å². The maximum Gasteiger partial charge on any atom is 0.224 e. The third-order valence-corrected chi connectivity index (χ3v) is 4.53. The van der Waals surface area contributed by atoms with Crippen molar-refractivity contribution in [2.24, 2.45) is 5.73 Å². The maximum absolute atomic E-state index is 12.6. The summed E-state index contributed by atoms with van der Waals surface area (Å²) in [6.07, 6.45) is 4.73. The second-order valence-electron chi connectivity index (χ2n) is 6.61. The molecule has 0 aliphatic carbocycles. The number of hydrogen-bond donors (Lipinski definition) is 3. The molecule has 2 atom stereocenters. The number of hydrogen-bond acceptors (Lipinski definition) is 5. The van der Waals surface area contributed by atoms with Crippen molar-refractivity contribution < 1.29 is 9.59 Å². The SMILES string of the molecule is N[C@H](CNCCCC=O)CC(=O)N1CCC[C@H]1CNc1ccccc1. The van der Waals surface area contributed by atoms with Gasteiger partial charge < -0.3 is 26.1 Å². The maximum atomic E-state index is 12.6. The van der Waals surface area contributed by atoms with Gasteiger partial charge in [0.25, 0.3) is 0 Å². The van der Waals surface area contributed by atoms with E-state index in [4.69, 9.17) is 5.73 Å². The van der Waals surface area contributed by atoms with Gasteiger partial charge in [-0.05, 0) is 37.9 Å². The van der Waals surface area contributed by atoms with Crippen LogP contribution in [0.2, 0.25) is 0 Å². The smallest absolute Gasteiger partial charge is 0.224 e. The van der Waals surface area contributed by atoms with E-state index >= 15 is 0 Å². The molecule has 0 unspecified atom stereocenters. The molecule has 138 valence electrons. The first kappa shape index (κ1) is 19.4. The quantitative estimate of drug-likeness (QED) is 0.416. The van der Waals surface area contributed by atoms with Gasteiger partial charge in [0.2, 0.25) is 5.91 Å². The van der Waals surface area contributed by atoms with Gasteiger partial charge in [-0.3, -0.25) is 4.79 Å². The Balaban J connectivity index is 1.71.